The molecule has 0 aliphatic heterocycles. The quantitative estimate of drug-likeness (QED) is 0.873. The van der Waals surface area contributed by atoms with Crippen LogP contribution in [0.4, 0.5) is 0 Å². The average molecular weight is 345 g/mol. The molecule has 1 atom stereocenters. The molecule has 2 aromatic rings. The molecule has 2 rings (SSSR count). The van der Waals surface area contributed by atoms with E-state index in [-0.39, 0.29) is 11.8 Å². The molecule has 5 heteroatoms. The van der Waals surface area contributed by atoms with Crippen molar-refractivity contribution in [2.75, 3.05) is 0 Å². The molecule has 0 aliphatic carbocycles. The Balaban J connectivity index is 2.01. The molecule has 0 saturated carbocycles. The summed E-state index contributed by atoms with van der Waals surface area (Å²) >= 11 is 6.09. The second-order valence-electron chi connectivity index (χ2n) is 5.62. The van der Waals surface area contributed by atoms with Gasteiger partial charge < -0.3 is 10.2 Å². The first-order chi connectivity index (χ1) is 11.5. The second-order valence-corrected chi connectivity index (χ2v) is 6.02. The number of hydrogen-bond donors (Lipinski definition) is 1. The molecule has 0 radical (unpaired) electrons. The third kappa shape index (κ3) is 4.83. The lowest BCUT2D eigenvalue weighted by Crippen LogP contribution is -2.46. The Hall–Kier alpha value is -2.33. The average Bonchev–Trinajstić information content (AvgIpc) is 2.58. The lowest BCUT2D eigenvalue weighted by atomic mass is 10.1. The molecular formula is C19H21ClN2O2. The van der Waals surface area contributed by atoms with Gasteiger partial charge in [0, 0.05) is 25.0 Å². The summed E-state index contributed by atoms with van der Waals surface area (Å²) < 4.78 is 0. The molecule has 0 aromatic heterocycles. The number of halogens is 1. The van der Waals surface area contributed by atoms with Crippen molar-refractivity contribution in [2.45, 2.75) is 33.0 Å². The van der Waals surface area contributed by atoms with Gasteiger partial charge in [-0.1, -0.05) is 60.1 Å². The molecular weight excluding hydrogens is 324 g/mol. The summed E-state index contributed by atoms with van der Waals surface area (Å²) in [6.45, 7) is 3.93. The molecule has 0 saturated heterocycles. The van der Waals surface area contributed by atoms with E-state index in [4.69, 9.17) is 11.6 Å². The molecule has 1 N–H and O–H groups in total. The Labute approximate surface area is 147 Å². The summed E-state index contributed by atoms with van der Waals surface area (Å²) in [4.78, 5) is 25.9. The number of rotatable bonds is 6. The summed E-state index contributed by atoms with van der Waals surface area (Å²) in [6.07, 6.45) is 0. The van der Waals surface area contributed by atoms with Crippen molar-refractivity contribution >= 4 is 23.4 Å². The van der Waals surface area contributed by atoms with E-state index < -0.39 is 6.04 Å². The highest BCUT2D eigenvalue weighted by molar-refractivity contribution is 6.31. The minimum atomic E-state index is -0.565. The van der Waals surface area contributed by atoms with Crippen molar-refractivity contribution < 1.29 is 9.59 Å². The summed E-state index contributed by atoms with van der Waals surface area (Å²) in [7, 11) is 0. The number of nitrogens with one attached hydrogen (secondary N) is 1. The molecule has 2 aromatic carbocycles. The van der Waals surface area contributed by atoms with Gasteiger partial charge in [0.1, 0.15) is 6.04 Å². The maximum absolute atomic E-state index is 12.4. The smallest absolute Gasteiger partial charge is 0.242 e. The van der Waals surface area contributed by atoms with E-state index >= 15 is 0 Å². The first kappa shape index (κ1) is 18.0. The van der Waals surface area contributed by atoms with E-state index in [1.54, 1.807) is 17.9 Å². The fourth-order valence-electron chi connectivity index (χ4n) is 2.41. The van der Waals surface area contributed by atoms with Crippen LogP contribution in [0.2, 0.25) is 5.02 Å². The Bertz CT molecular complexity index is 704. The maximum atomic E-state index is 12.4. The largest absolute Gasteiger partial charge is 0.350 e. The van der Waals surface area contributed by atoms with Crippen molar-refractivity contribution in [1.29, 1.82) is 0 Å². The third-order valence-corrected chi connectivity index (χ3v) is 4.23. The Morgan fingerprint density at radius 2 is 1.71 bits per heavy atom. The molecule has 0 heterocycles. The number of nitrogens with zero attached hydrogens (tertiary/aromatic N) is 1. The van der Waals surface area contributed by atoms with Crippen LogP contribution in [0.15, 0.2) is 54.6 Å². The molecule has 0 bridgehead atoms. The summed E-state index contributed by atoms with van der Waals surface area (Å²) in [5, 5.41) is 3.45. The van der Waals surface area contributed by atoms with Crippen LogP contribution in [0, 0.1) is 0 Å². The Morgan fingerprint density at radius 3 is 2.33 bits per heavy atom. The molecule has 0 aliphatic rings. The van der Waals surface area contributed by atoms with Gasteiger partial charge in [-0.2, -0.15) is 0 Å². The molecule has 2 amide bonds. The van der Waals surface area contributed by atoms with Crippen LogP contribution in [-0.2, 0) is 22.7 Å². The summed E-state index contributed by atoms with van der Waals surface area (Å²) in [5.74, 6) is -0.347. The highest BCUT2D eigenvalue weighted by atomic mass is 35.5. The standard InChI is InChI=1S/C19H21ClN2O2/c1-14(19(24)21-12-17-10-6-7-11-18(17)20)22(15(2)23)13-16-8-4-3-5-9-16/h3-11,14H,12-13H2,1-2H3,(H,21,24)/t14-/m1/s1. The number of carbonyl (C=O) groups is 2. The monoisotopic (exact) mass is 344 g/mol. The van der Waals surface area contributed by atoms with Crippen LogP contribution in [0.1, 0.15) is 25.0 Å². The van der Waals surface area contributed by atoms with Crippen LogP contribution in [-0.4, -0.2) is 22.8 Å². The Morgan fingerprint density at radius 1 is 1.08 bits per heavy atom. The van der Waals surface area contributed by atoms with Gasteiger partial charge in [0.2, 0.25) is 11.8 Å². The third-order valence-electron chi connectivity index (χ3n) is 3.86. The highest BCUT2D eigenvalue weighted by Crippen LogP contribution is 2.15. The van der Waals surface area contributed by atoms with Crippen molar-refractivity contribution in [3.05, 3.63) is 70.7 Å². The van der Waals surface area contributed by atoms with Crippen molar-refractivity contribution in [3.8, 4) is 0 Å². The van der Waals surface area contributed by atoms with Crippen molar-refractivity contribution in [3.63, 3.8) is 0 Å². The van der Waals surface area contributed by atoms with Gasteiger partial charge in [-0.15, -0.1) is 0 Å². The van der Waals surface area contributed by atoms with E-state index in [0.29, 0.717) is 18.1 Å². The molecule has 0 spiro atoms. The SMILES string of the molecule is CC(=O)N(Cc1ccccc1)[C@H](C)C(=O)NCc1ccccc1Cl. The van der Waals surface area contributed by atoms with Crippen LogP contribution >= 0.6 is 11.6 Å². The summed E-state index contributed by atoms with van der Waals surface area (Å²) in [5.41, 5.74) is 1.83. The predicted octanol–water partition coefficient (Wildman–Crippen LogP) is 3.39. The second kappa shape index (κ2) is 8.50. The topological polar surface area (TPSA) is 49.4 Å². The zero-order chi connectivity index (χ0) is 17.5. The van der Waals surface area contributed by atoms with Gasteiger partial charge in [-0.05, 0) is 24.1 Å². The van der Waals surface area contributed by atoms with E-state index in [9.17, 15) is 9.59 Å². The fourth-order valence-corrected chi connectivity index (χ4v) is 2.62. The van der Waals surface area contributed by atoms with E-state index in [2.05, 4.69) is 5.32 Å². The summed E-state index contributed by atoms with van der Waals surface area (Å²) in [6, 6.07) is 16.4. The molecule has 0 fully saturated rings. The lowest BCUT2D eigenvalue weighted by Gasteiger charge is -2.27. The first-order valence-corrected chi connectivity index (χ1v) is 8.19. The van der Waals surface area contributed by atoms with Crippen molar-refractivity contribution in [1.82, 2.24) is 10.2 Å². The maximum Gasteiger partial charge on any atom is 0.242 e. The van der Waals surface area contributed by atoms with Crippen molar-refractivity contribution in [2.24, 2.45) is 0 Å². The zero-order valence-corrected chi connectivity index (χ0v) is 14.6. The van der Waals surface area contributed by atoms with E-state index in [0.717, 1.165) is 11.1 Å². The van der Waals surface area contributed by atoms with Crippen LogP contribution < -0.4 is 5.32 Å². The molecule has 0 unspecified atom stereocenters. The molecule has 4 nitrogen and oxygen atoms in total. The number of hydrogen-bond acceptors (Lipinski definition) is 2. The number of carbonyl (C=O) groups excluding carboxylic acids is 2. The number of amides is 2. The van der Waals surface area contributed by atoms with Gasteiger partial charge in [-0.25, -0.2) is 0 Å². The molecule has 24 heavy (non-hydrogen) atoms. The Kier molecular flexibility index (Phi) is 6.38. The van der Waals surface area contributed by atoms with Crippen LogP contribution in [0.25, 0.3) is 0 Å². The van der Waals surface area contributed by atoms with Gasteiger partial charge in [0.05, 0.1) is 0 Å². The zero-order valence-electron chi connectivity index (χ0n) is 13.8. The van der Waals surface area contributed by atoms with Crippen LogP contribution in [0.5, 0.6) is 0 Å². The van der Waals surface area contributed by atoms with Gasteiger partial charge >= 0.3 is 0 Å². The van der Waals surface area contributed by atoms with Gasteiger partial charge in [0.25, 0.3) is 0 Å². The van der Waals surface area contributed by atoms with E-state index in [1.807, 2.05) is 48.5 Å². The molecule has 126 valence electrons. The predicted molar refractivity (Wildman–Crippen MR) is 95.4 cm³/mol. The lowest BCUT2D eigenvalue weighted by molar-refractivity contribution is -0.139. The van der Waals surface area contributed by atoms with Gasteiger partial charge in [0.15, 0.2) is 0 Å². The minimum absolute atomic E-state index is 0.140. The minimum Gasteiger partial charge on any atom is -0.350 e. The van der Waals surface area contributed by atoms with Crippen LogP contribution in [0.3, 0.4) is 0 Å². The first-order valence-electron chi connectivity index (χ1n) is 7.81. The van der Waals surface area contributed by atoms with Gasteiger partial charge in [-0.3, -0.25) is 9.59 Å². The highest BCUT2D eigenvalue weighted by Gasteiger charge is 2.23. The number of benzene rings is 2. The normalized spacial score (nSPS) is 11.6. The fraction of sp³-hybridized carbons (Fsp3) is 0.263. The van der Waals surface area contributed by atoms with E-state index in [1.165, 1.54) is 6.92 Å².